The third-order valence-electron chi connectivity index (χ3n) is 7.06. The Kier molecular flexibility index (Phi) is 7.25. The summed E-state index contributed by atoms with van der Waals surface area (Å²) in [5.74, 6) is -2.07. The fourth-order valence-corrected chi connectivity index (χ4v) is 5.26. The third kappa shape index (κ3) is 4.78. The van der Waals surface area contributed by atoms with Gasteiger partial charge in [-0.25, -0.2) is 9.59 Å². The van der Waals surface area contributed by atoms with Crippen molar-refractivity contribution in [3.05, 3.63) is 81.1 Å². The van der Waals surface area contributed by atoms with Crippen LogP contribution in [0.2, 0.25) is 0 Å². The van der Waals surface area contributed by atoms with E-state index in [9.17, 15) is 19.8 Å². The van der Waals surface area contributed by atoms with Gasteiger partial charge in [-0.05, 0) is 74.1 Å². The van der Waals surface area contributed by atoms with E-state index in [0.29, 0.717) is 29.2 Å². The first-order valence-electron chi connectivity index (χ1n) is 12.7. The van der Waals surface area contributed by atoms with Crippen molar-refractivity contribution in [2.45, 2.75) is 53.4 Å². The van der Waals surface area contributed by atoms with Crippen LogP contribution in [0.3, 0.4) is 0 Å². The fraction of sp³-hybridized carbons (Fsp3) is 0.367. The first-order chi connectivity index (χ1) is 17.6. The van der Waals surface area contributed by atoms with Crippen LogP contribution in [0.1, 0.15) is 89.4 Å². The number of aromatic carboxylic acids is 2. The van der Waals surface area contributed by atoms with Crippen molar-refractivity contribution >= 4 is 23.3 Å². The summed E-state index contributed by atoms with van der Waals surface area (Å²) in [6, 6.07) is 7.15. The van der Waals surface area contributed by atoms with Crippen LogP contribution in [-0.4, -0.2) is 41.0 Å². The first-order valence-corrected chi connectivity index (χ1v) is 12.7. The second kappa shape index (κ2) is 10.2. The van der Waals surface area contributed by atoms with Crippen molar-refractivity contribution in [3.8, 4) is 5.75 Å². The lowest BCUT2D eigenvalue weighted by Gasteiger charge is -2.38. The lowest BCUT2D eigenvalue weighted by atomic mass is 9.71. The zero-order valence-corrected chi connectivity index (χ0v) is 22.2. The largest absolute Gasteiger partial charge is 0.478 e. The number of ether oxygens (including phenoxy) is 1. The van der Waals surface area contributed by atoms with E-state index >= 15 is 0 Å². The Hall–Kier alpha value is -3.87. The molecule has 1 aliphatic carbocycles. The number of nitrogens with one attached hydrogen (secondary N) is 1. The van der Waals surface area contributed by atoms with E-state index < -0.39 is 17.9 Å². The number of carbonyl (C=O) groups is 2. The zero-order valence-electron chi connectivity index (χ0n) is 22.2. The molecule has 0 spiro atoms. The van der Waals surface area contributed by atoms with E-state index in [2.05, 4.69) is 10.3 Å². The van der Waals surface area contributed by atoms with E-state index in [0.717, 1.165) is 34.6 Å². The van der Waals surface area contributed by atoms with Gasteiger partial charge in [-0.15, -0.1) is 0 Å². The number of benzene rings is 2. The van der Waals surface area contributed by atoms with Gasteiger partial charge in [0.05, 0.1) is 16.8 Å². The third-order valence-corrected chi connectivity index (χ3v) is 7.06. The van der Waals surface area contributed by atoms with Crippen LogP contribution in [0.4, 0.5) is 5.69 Å². The molecule has 0 radical (unpaired) electrons. The van der Waals surface area contributed by atoms with Crippen LogP contribution < -0.4 is 10.1 Å². The van der Waals surface area contributed by atoms with Crippen LogP contribution in [0.25, 0.3) is 0 Å². The van der Waals surface area contributed by atoms with E-state index in [1.807, 2.05) is 65.8 Å². The van der Waals surface area contributed by atoms with Gasteiger partial charge in [0.1, 0.15) is 11.5 Å². The maximum atomic E-state index is 12.6. The highest BCUT2D eigenvalue weighted by atomic mass is 16.5. The molecular weight excluding hydrogens is 468 g/mol. The Morgan fingerprint density at radius 2 is 1.70 bits per heavy atom. The number of allylic oxidation sites excluding steroid dienone is 3. The summed E-state index contributed by atoms with van der Waals surface area (Å²) in [6.07, 6.45) is 3.92. The minimum Gasteiger partial charge on any atom is -0.478 e. The minimum atomic E-state index is -1.15. The highest BCUT2D eigenvalue weighted by Crippen LogP contribution is 2.51. The summed E-state index contributed by atoms with van der Waals surface area (Å²) in [6.45, 7) is 13.1. The normalized spacial score (nSPS) is 19.5. The molecule has 0 saturated heterocycles. The Bertz CT molecular complexity index is 1330. The van der Waals surface area contributed by atoms with Gasteiger partial charge in [0, 0.05) is 48.3 Å². The van der Waals surface area contributed by atoms with Crippen molar-refractivity contribution in [2.75, 3.05) is 18.4 Å². The Morgan fingerprint density at radius 3 is 2.24 bits per heavy atom. The van der Waals surface area contributed by atoms with E-state index in [1.165, 1.54) is 0 Å². The number of hydrogen-bond acceptors (Lipinski definition) is 5. The van der Waals surface area contributed by atoms with Crippen molar-refractivity contribution in [2.24, 2.45) is 10.9 Å². The number of carboxylic acids is 2. The van der Waals surface area contributed by atoms with Gasteiger partial charge in [0.25, 0.3) is 0 Å². The monoisotopic (exact) mass is 502 g/mol. The van der Waals surface area contributed by atoms with Crippen LogP contribution in [0, 0.1) is 12.8 Å². The maximum Gasteiger partial charge on any atom is 0.336 e. The molecule has 2 aromatic carbocycles. The first kappa shape index (κ1) is 26.2. The number of rotatable bonds is 7. The standard InChI is InChI=1S/C30H34N2O5/c1-7-31-23-13-25-19(9-16(23)5)27(20-10-17(6)24(32-8-2)14-26(20)37-25)28-21(29(33)34)11-18(15(3)4)12-22(28)30(35)36/h9-15,19,27,32H,7-8H2,1-6H3,(H,33,34)(H,35,36)/b31-23-. The van der Waals surface area contributed by atoms with Crippen molar-refractivity contribution in [1.29, 1.82) is 0 Å². The van der Waals surface area contributed by atoms with Crippen LogP contribution in [-0.2, 0) is 0 Å². The van der Waals surface area contributed by atoms with Crippen molar-refractivity contribution in [3.63, 3.8) is 0 Å². The molecule has 7 heteroatoms. The Morgan fingerprint density at radius 1 is 1.05 bits per heavy atom. The van der Waals surface area contributed by atoms with Gasteiger partial charge in [0.2, 0.25) is 0 Å². The van der Waals surface area contributed by atoms with E-state index in [-0.39, 0.29) is 23.0 Å². The lowest BCUT2D eigenvalue weighted by molar-refractivity contribution is 0.0693. The smallest absolute Gasteiger partial charge is 0.336 e. The van der Waals surface area contributed by atoms with Gasteiger partial charge in [-0.1, -0.05) is 19.9 Å². The van der Waals surface area contributed by atoms with E-state index in [4.69, 9.17) is 4.74 Å². The van der Waals surface area contributed by atoms with Crippen molar-refractivity contribution < 1.29 is 24.5 Å². The van der Waals surface area contributed by atoms with Crippen LogP contribution in [0.5, 0.6) is 5.75 Å². The molecule has 0 saturated carbocycles. The SMILES string of the molecule is CC/N=C1/C=C2Oc3cc(NCC)c(C)cc3C(c3c(C(=O)O)cc(C(C)C)cc3C(=O)O)C2C=C1C. The molecule has 37 heavy (non-hydrogen) atoms. The lowest BCUT2D eigenvalue weighted by Crippen LogP contribution is -2.30. The molecule has 0 aromatic heterocycles. The van der Waals surface area contributed by atoms with Gasteiger partial charge in [-0.3, -0.25) is 4.99 Å². The zero-order chi connectivity index (χ0) is 27.0. The number of aliphatic imine (C=N–C) groups is 1. The summed E-state index contributed by atoms with van der Waals surface area (Å²) in [7, 11) is 0. The summed E-state index contributed by atoms with van der Waals surface area (Å²) in [5.41, 5.74) is 5.39. The molecular formula is C30H34N2O5. The molecule has 0 amide bonds. The highest BCUT2D eigenvalue weighted by molar-refractivity contribution is 6.09. The second-order valence-electron chi connectivity index (χ2n) is 9.89. The number of fused-ring (bicyclic) bond motifs is 2. The minimum absolute atomic E-state index is 0.00767. The molecule has 0 fully saturated rings. The average Bonchev–Trinajstić information content (AvgIpc) is 2.83. The van der Waals surface area contributed by atoms with Crippen LogP contribution in [0.15, 0.2) is 52.7 Å². The maximum absolute atomic E-state index is 12.6. The molecule has 194 valence electrons. The quantitative estimate of drug-likeness (QED) is 0.405. The summed E-state index contributed by atoms with van der Waals surface area (Å²) < 4.78 is 6.42. The van der Waals surface area contributed by atoms with Gasteiger partial charge >= 0.3 is 11.9 Å². The summed E-state index contributed by atoms with van der Waals surface area (Å²) in [5, 5.41) is 23.9. The average molecular weight is 503 g/mol. The number of anilines is 1. The second-order valence-corrected chi connectivity index (χ2v) is 9.89. The van der Waals surface area contributed by atoms with Gasteiger partial charge in [0.15, 0.2) is 0 Å². The molecule has 3 N–H and O–H groups in total. The number of hydrogen-bond donors (Lipinski definition) is 3. The van der Waals surface area contributed by atoms with Crippen molar-refractivity contribution in [1.82, 2.24) is 0 Å². The molecule has 0 bridgehead atoms. The van der Waals surface area contributed by atoms with Gasteiger partial charge < -0.3 is 20.3 Å². The molecule has 2 unspecified atom stereocenters. The molecule has 1 aliphatic heterocycles. The highest BCUT2D eigenvalue weighted by Gasteiger charge is 2.41. The number of nitrogens with zero attached hydrogens (tertiary/aromatic N) is 1. The van der Waals surface area contributed by atoms with Crippen LogP contribution >= 0.6 is 0 Å². The molecule has 7 nitrogen and oxygen atoms in total. The Balaban J connectivity index is 2.09. The fourth-order valence-electron chi connectivity index (χ4n) is 5.26. The molecule has 2 aromatic rings. The Labute approximate surface area is 217 Å². The number of aryl methyl sites for hydroxylation is 1. The molecule has 1 heterocycles. The van der Waals surface area contributed by atoms with E-state index in [1.54, 1.807) is 12.1 Å². The molecule has 4 rings (SSSR count). The predicted octanol–water partition coefficient (Wildman–Crippen LogP) is 6.39. The summed E-state index contributed by atoms with van der Waals surface area (Å²) >= 11 is 0. The molecule has 2 atom stereocenters. The topological polar surface area (TPSA) is 108 Å². The molecule has 2 aliphatic rings. The van der Waals surface area contributed by atoms with Gasteiger partial charge in [-0.2, -0.15) is 0 Å². The number of carboxylic acid groups (broad SMARTS) is 2. The summed E-state index contributed by atoms with van der Waals surface area (Å²) in [4.78, 5) is 29.8. The predicted molar refractivity (Wildman–Crippen MR) is 146 cm³/mol.